The Morgan fingerprint density at radius 2 is 1.60 bits per heavy atom. The van der Waals surface area contributed by atoms with E-state index in [4.69, 9.17) is 23.7 Å². The molecule has 0 aromatic rings. The maximum absolute atomic E-state index is 5.85. The lowest BCUT2D eigenvalue weighted by Gasteiger charge is -2.23. The van der Waals surface area contributed by atoms with E-state index < -0.39 is 0 Å². The van der Waals surface area contributed by atoms with Crippen molar-refractivity contribution in [1.82, 2.24) is 5.32 Å². The Morgan fingerprint density at radius 3 is 2.35 bits per heavy atom. The largest absolute Gasteiger partial charge is 0.376 e. The molecule has 0 aromatic carbocycles. The van der Waals surface area contributed by atoms with E-state index in [1.54, 1.807) is 7.11 Å². The first kappa shape index (κ1) is 14.7. The number of piperidine rings is 1. The fourth-order valence-corrected chi connectivity index (χ4v) is 3.15. The third-order valence-corrected chi connectivity index (χ3v) is 4.32. The van der Waals surface area contributed by atoms with Crippen LogP contribution in [0.4, 0.5) is 0 Å². The minimum atomic E-state index is 0.0109. The molecule has 0 amide bonds. The van der Waals surface area contributed by atoms with Crippen molar-refractivity contribution in [2.24, 2.45) is 0 Å². The summed E-state index contributed by atoms with van der Waals surface area (Å²) in [6.07, 6.45) is 2.66. The summed E-state index contributed by atoms with van der Waals surface area (Å²) in [7, 11) is 1.70. The number of ether oxygens (including phenoxy) is 5. The molecule has 116 valence electrons. The van der Waals surface area contributed by atoms with Crippen LogP contribution in [0.5, 0.6) is 0 Å². The summed E-state index contributed by atoms with van der Waals surface area (Å²) in [5.41, 5.74) is 0. The molecule has 0 radical (unpaired) electrons. The van der Waals surface area contributed by atoms with Crippen molar-refractivity contribution in [3.05, 3.63) is 0 Å². The summed E-state index contributed by atoms with van der Waals surface area (Å²) in [5.74, 6) is 0. The van der Waals surface area contributed by atoms with Crippen LogP contribution in [0.2, 0.25) is 0 Å². The second kappa shape index (κ2) is 7.15. The van der Waals surface area contributed by atoms with Gasteiger partial charge in [-0.05, 0) is 25.9 Å². The van der Waals surface area contributed by atoms with Gasteiger partial charge in [0.25, 0.3) is 0 Å². The fraction of sp³-hybridized carbons (Fsp3) is 1.00. The molecule has 0 saturated carbocycles. The standard InChI is InChI=1S/C14H25NO5/c1-16-11-8-19-14-12(9-20-13(11)14)18-7-6-17-10-2-4-15-5-3-10/h10-15H,2-9H2,1H3/t11-,12-,13+,14-/m1/s1. The van der Waals surface area contributed by atoms with Crippen LogP contribution in [0.1, 0.15) is 12.8 Å². The van der Waals surface area contributed by atoms with E-state index in [0.717, 1.165) is 25.9 Å². The number of hydrogen-bond donors (Lipinski definition) is 1. The number of rotatable bonds is 6. The Kier molecular flexibility index (Phi) is 5.25. The van der Waals surface area contributed by atoms with E-state index in [1.165, 1.54) is 0 Å². The molecule has 3 rings (SSSR count). The van der Waals surface area contributed by atoms with Crippen molar-refractivity contribution in [2.75, 3.05) is 46.6 Å². The average Bonchev–Trinajstić information content (AvgIpc) is 3.07. The first-order valence-corrected chi connectivity index (χ1v) is 7.58. The predicted octanol–water partition coefficient (Wildman–Crippen LogP) is -0.0472. The molecule has 3 aliphatic heterocycles. The van der Waals surface area contributed by atoms with Crippen molar-refractivity contribution < 1.29 is 23.7 Å². The van der Waals surface area contributed by atoms with Gasteiger partial charge in [0.15, 0.2) is 0 Å². The van der Waals surface area contributed by atoms with Crippen LogP contribution in [0.15, 0.2) is 0 Å². The van der Waals surface area contributed by atoms with E-state index in [9.17, 15) is 0 Å². The molecule has 0 aromatic heterocycles. The van der Waals surface area contributed by atoms with Gasteiger partial charge < -0.3 is 29.0 Å². The van der Waals surface area contributed by atoms with Crippen LogP contribution < -0.4 is 5.32 Å². The van der Waals surface area contributed by atoms with Crippen molar-refractivity contribution in [3.63, 3.8) is 0 Å². The van der Waals surface area contributed by atoms with Crippen LogP contribution in [0.3, 0.4) is 0 Å². The van der Waals surface area contributed by atoms with Gasteiger partial charge in [0.05, 0.1) is 32.5 Å². The Balaban J connectivity index is 1.33. The molecular weight excluding hydrogens is 262 g/mol. The van der Waals surface area contributed by atoms with Crippen molar-refractivity contribution in [3.8, 4) is 0 Å². The molecule has 0 bridgehead atoms. The minimum absolute atomic E-state index is 0.0109. The molecule has 0 aliphatic carbocycles. The van der Waals surface area contributed by atoms with Crippen molar-refractivity contribution in [1.29, 1.82) is 0 Å². The Labute approximate surface area is 120 Å². The highest BCUT2D eigenvalue weighted by molar-refractivity contribution is 4.95. The molecule has 0 spiro atoms. The predicted molar refractivity (Wildman–Crippen MR) is 71.9 cm³/mol. The van der Waals surface area contributed by atoms with Gasteiger partial charge in [-0.2, -0.15) is 0 Å². The van der Waals surface area contributed by atoms with E-state index in [1.807, 2.05) is 0 Å². The lowest BCUT2D eigenvalue weighted by molar-refractivity contribution is -0.0676. The van der Waals surface area contributed by atoms with Crippen LogP contribution >= 0.6 is 0 Å². The quantitative estimate of drug-likeness (QED) is 0.692. The molecule has 1 N–H and O–H groups in total. The van der Waals surface area contributed by atoms with Gasteiger partial charge in [-0.15, -0.1) is 0 Å². The molecule has 3 saturated heterocycles. The summed E-state index contributed by atoms with van der Waals surface area (Å²) in [4.78, 5) is 0. The molecule has 3 fully saturated rings. The van der Waals surface area contributed by atoms with Crippen LogP contribution in [0, 0.1) is 0 Å². The highest BCUT2D eigenvalue weighted by Crippen LogP contribution is 2.30. The molecular formula is C14H25NO5. The van der Waals surface area contributed by atoms with E-state index >= 15 is 0 Å². The molecule has 3 aliphatic rings. The van der Waals surface area contributed by atoms with Gasteiger partial charge in [-0.3, -0.25) is 0 Å². The molecule has 6 nitrogen and oxygen atoms in total. The van der Waals surface area contributed by atoms with Crippen LogP contribution in [-0.4, -0.2) is 77.1 Å². The summed E-state index contributed by atoms with van der Waals surface area (Å²) in [6, 6.07) is 0. The third kappa shape index (κ3) is 3.32. The topological polar surface area (TPSA) is 58.2 Å². The Hall–Kier alpha value is -0.240. The van der Waals surface area contributed by atoms with E-state index in [-0.39, 0.29) is 24.4 Å². The number of hydrogen-bond acceptors (Lipinski definition) is 6. The van der Waals surface area contributed by atoms with Gasteiger partial charge in [0, 0.05) is 7.11 Å². The summed E-state index contributed by atoms with van der Waals surface area (Å²) in [5, 5.41) is 3.33. The van der Waals surface area contributed by atoms with Gasteiger partial charge in [-0.25, -0.2) is 0 Å². The van der Waals surface area contributed by atoms with Gasteiger partial charge in [0.1, 0.15) is 24.4 Å². The second-order valence-electron chi connectivity index (χ2n) is 5.60. The molecule has 4 atom stereocenters. The van der Waals surface area contributed by atoms with Gasteiger partial charge in [-0.1, -0.05) is 0 Å². The highest BCUT2D eigenvalue weighted by atomic mass is 16.6. The Bertz CT molecular complexity index is 297. The first-order valence-electron chi connectivity index (χ1n) is 7.58. The Morgan fingerprint density at radius 1 is 0.950 bits per heavy atom. The summed E-state index contributed by atoms with van der Waals surface area (Å²) >= 11 is 0. The summed E-state index contributed by atoms with van der Waals surface area (Å²) < 4.78 is 28.5. The minimum Gasteiger partial charge on any atom is -0.376 e. The van der Waals surface area contributed by atoms with Gasteiger partial charge in [0.2, 0.25) is 0 Å². The van der Waals surface area contributed by atoms with E-state index in [2.05, 4.69) is 5.32 Å². The zero-order valence-corrected chi connectivity index (χ0v) is 12.1. The summed E-state index contributed by atoms with van der Waals surface area (Å²) in [6.45, 7) is 4.53. The average molecular weight is 287 g/mol. The van der Waals surface area contributed by atoms with Crippen LogP contribution in [-0.2, 0) is 23.7 Å². The third-order valence-electron chi connectivity index (χ3n) is 4.32. The first-order chi connectivity index (χ1) is 9.88. The zero-order valence-electron chi connectivity index (χ0n) is 12.1. The number of fused-ring (bicyclic) bond motifs is 1. The van der Waals surface area contributed by atoms with E-state index in [0.29, 0.717) is 32.5 Å². The maximum Gasteiger partial charge on any atom is 0.115 e. The highest BCUT2D eigenvalue weighted by Gasteiger charge is 2.48. The fourth-order valence-electron chi connectivity index (χ4n) is 3.15. The smallest absolute Gasteiger partial charge is 0.115 e. The molecule has 20 heavy (non-hydrogen) atoms. The van der Waals surface area contributed by atoms with Gasteiger partial charge >= 0.3 is 0 Å². The van der Waals surface area contributed by atoms with Crippen molar-refractivity contribution in [2.45, 2.75) is 43.4 Å². The SMILES string of the molecule is CO[C@@H]1CO[C@H]2[C@H]1OC[C@H]2OCCOC1CCNCC1. The molecule has 6 heteroatoms. The monoisotopic (exact) mass is 287 g/mol. The molecule has 3 heterocycles. The second-order valence-corrected chi connectivity index (χ2v) is 5.60. The maximum atomic E-state index is 5.85. The lowest BCUT2D eigenvalue weighted by Crippen LogP contribution is -2.35. The normalized spacial score (nSPS) is 38.2. The lowest BCUT2D eigenvalue weighted by atomic mass is 10.1. The number of nitrogens with one attached hydrogen (secondary N) is 1. The number of methoxy groups -OCH3 is 1. The molecule has 0 unspecified atom stereocenters. The zero-order chi connectivity index (χ0) is 13.8. The van der Waals surface area contributed by atoms with Crippen LogP contribution in [0.25, 0.3) is 0 Å². The van der Waals surface area contributed by atoms with Crippen molar-refractivity contribution >= 4 is 0 Å².